The monoisotopic (exact) mass is 262 g/mol. The molecule has 0 bridgehead atoms. The molecular weight excluding hydrogens is 252 g/mol. The summed E-state index contributed by atoms with van der Waals surface area (Å²) in [4.78, 5) is 11.3. The third-order valence-electron chi connectivity index (χ3n) is 2.19. The second-order valence-electron chi connectivity index (χ2n) is 3.36. The van der Waals surface area contributed by atoms with E-state index in [1.165, 1.54) is 13.2 Å². The lowest BCUT2D eigenvalue weighted by atomic mass is 10.1. The largest absolute Gasteiger partial charge is 0.465 e. The van der Waals surface area contributed by atoms with E-state index in [0.29, 0.717) is 11.1 Å². The van der Waals surface area contributed by atoms with Gasteiger partial charge in [-0.05, 0) is 31.0 Å². The summed E-state index contributed by atoms with van der Waals surface area (Å²) in [6.45, 7) is 3.31. The molecule has 1 aromatic carbocycles. The number of halogens is 1. The van der Waals surface area contributed by atoms with Crippen LogP contribution in [0.3, 0.4) is 0 Å². The van der Waals surface area contributed by atoms with Crippen LogP contribution in [-0.4, -0.2) is 21.5 Å². The second-order valence-corrected chi connectivity index (χ2v) is 5.90. The highest BCUT2D eigenvalue weighted by Gasteiger charge is 2.18. The van der Waals surface area contributed by atoms with Crippen LogP contribution < -0.4 is 0 Å². The van der Waals surface area contributed by atoms with Crippen LogP contribution >= 0.6 is 10.7 Å². The van der Waals surface area contributed by atoms with Crippen molar-refractivity contribution in [3.8, 4) is 0 Å². The standard InChI is InChI=1S/C10H11ClO4S/c1-6-4-7(2)9(16(11,13)14)5-8(6)10(12)15-3/h4-5H,1-3H3. The average molecular weight is 263 g/mol. The molecule has 0 heterocycles. The number of esters is 1. The lowest BCUT2D eigenvalue weighted by Crippen LogP contribution is -2.07. The minimum atomic E-state index is -3.85. The van der Waals surface area contributed by atoms with Gasteiger partial charge in [-0.15, -0.1) is 0 Å². The van der Waals surface area contributed by atoms with Crippen molar-refractivity contribution in [1.29, 1.82) is 0 Å². The summed E-state index contributed by atoms with van der Waals surface area (Å²) in [5.41, 5.74) is 1.35. The van der Waals surface area contributed by atoms with Crippen molar-refractivity contribution in [1.82, 2.24) is 0 Å². The maximum absolute atomic E-state index is 11.4. The Morgan fingerprint density at radius 1 is 1.25 bits per heavy atom. The Morgan fingerprint density at radius 2 is 1.81 bits per heavy atom. The molecule has 0 spiro atoms. The van der Waals surface area contributed by atoms with Gasteiger partial charge in [0.1, 0.15) is 0 Å². The molecule has 88 valence electrons. The van der Waals surface area contributed by atoms with Crippen molar-refractivity contribution in [2.75, 3.05) is 7.11 Å². The Kier molecular flexibility index (Phi) is 3.60. The van der Waals surface area contributed by atoms with E-state index >= 15 is 0 Å². The van der Waals surface area contributed by atoms with Gasteiger partial charge < -0.3 is 4.74 Å². The molecule has 0 aliphatic heterocycles. The number of aryl methyl sites for hydroxylation is 2. The average Bonchev–Trinajstić information content (AvgIpc) is 2.14. The minimum absolute atomic E-state index is 0.0693. The third-order valence-corrected chi connectivity index (χ3v) is 3.65. The van der Waals surface area contributed by atoms with Gasteiger partial charge in [-0.25, -0.2) is 13.2 Å². The molecule has 0 N–H and O–H groups in total. The third kappa shape index (κ3) is 2.54. The normalized spacial score (nSPS) is 11.2. The van der Waals surface area contributed by atoms with Gasteiger partial charge in [-0.3, -0.25) is 0 Å². The van der Waals surface area contributed by atoms with Gasteiger partial charge in [0.15, 0.2) is 0 Å². The van der Waals surface area contributed by atoms with Crippen LogP contribution in [0.25, 0.3) is 0 Å². The molecule has 16 heavy (non-hydrogen) atoms. The quantitative estimate of drug-likeness (QED) is 0.604. The van der Waals surface area contributed by atoms with Crippen LogP contribution in [0.1, 0.15) is 21.5 Å². The van der Waals surface area contributed by atoms with E-state index in [9.17, 15) is 13.2 Å². The van der Waals surface area contributed by atoms with Crippen LogP contribution in [-0.2, 0) is 13.8 Å². The van der Waals surface area contributed by atoms with Crippen LogP contribution in [0.5, 0.6) is 0 Å². The number of hydrogen-bond acceptors (Lipinski definition) is 4. The van der Waals surface area contributed by atoms with E-state index in [4.69, 9.17) is 10.7 Å². The van der Waals surface area contributed by atoms with E-state index in [2.05, 4.69) is 4.74 Å². The number of ether oxygens (including phenoxy) is 1. The topological polar surface area (TPSA) is 60.4 Å². The first kappa shape index (κ1) is 13.0. The van der Waals surface area contributed by atoms with E-state index in [-0.39, 0.29) is 10.5 Å². The molecule has 1 aromatic rings. The zero-order valence-electron chi connectivity index (χ0n) is 9.07. The number of carbonyl (C=O) groups is 1. The molecule has 0 amide bonds. The molecule has 0 aliphatic carbocycles. The fourth-order valence-corrected chi connectivity index (χ4v) is 2.63. The smallest absolute Gasteiger partial charge is 0.338 e. The Hall–Kier alpha value is -1.07. The fourth-order valence-electron chi connectivity index (χ4n) is 1.42. The van der Waals surface area contributed by atoms with Crippen molar-refractivity contribution in [3.05, 3.63) is 28.8 Å². The van der Waals surface area contributed by atoms with E-state index in [0.717, 1.165) is 0 Å². The summed E-state index contributed by atoms with van der Waals surface area (Å²) in [7, 11) is 2.64. The van der Waals surface area contributed by atoms with E-state index in [1.807, 2.05) is 0 Å². The highest BCUT2D eigenvalue weighted by Crippen LogP contribution is 2.23. The van der Waals surface area contributed by atoms with Gasteiger partial charge in [0.05, 0.1) is 17.6 Å². The van der Waals surface area contributed by atoms with Gasteiger partial charge in [-0.1, -0.05) is 6.07 Å². The Bertz CT molecular complexity index is 534. The first-order valence-electron chi connectivity index (χ1n) is 4.41. The predicted molar refractivity (Wildman–Crippen MR) is 60.3 cm³/mol. The van der Waals surface area contributed by atoms with E-state index in [1.54, 1.807) is 19.9 Å². The van der Waals surface area contributed by atoms with Gasteiger partial charge >= 0.3 is 5.97 Å². The summed E-state index contributed by atoms with van der Waals surface area (Å²) in [6, 6.07) is 2.82. The number of benzene rings is 1. The summed E-state index contributed by atoms with van der Waals surface area (Å²) in [6.07, 6.45) is 0. The lowest BCUT2D eigenvalue weighted by molar-refractivity contribution is 0.0599. The SMILES string of the molecule is COC(=O)c1cc(S(=O)(=O)Cl)c(C)cc1C. The number of hydrogen-bond donors (Lipinski definition) is 0. The van der Waals surface area contributed by atoms with Gasteiger partial charge in [0, 0.05) is 10.7 Å². The Balaban J connectivity index is 3.51. The minimum Gasteiger partial charge on any atom is -0.465 e. The second kappa shape index (κ2) is 4.43. The molecule has 0 unspecified atom stereocenters. The molecule has 0 aliphatic rings. The van der Waals surface area contributed by atoms with Crippen molar-refractivity contribution >= 4 is 25.7 Å². The Labute approximate surface area is 98.6 Å². The predicted octanol–water partition coefficient (Wildman–Crippen LogP) is 2.02. The zero-order chi connectivity index (χ0) is 12.5. The maximum atomic E-state index is 11.4. The molecule has 1 rings (SSSR count). The van der Waals surface area contributed by atoms with Crippen molar-refractivity contribution < 1.29 is 17.9 Å². The fraction of sp³-hybridized carbons (Fsp3) is 0.300. The van der Waals surface area contributed by atoms with Crippen LogP contribution in [0.15, 0.2) is 17.0 Å². The van der Waals surface area contributed by atoms with Crippen LogP contribution in [0.2, 0.25) is 0 Å². The summed E-state index contributed by atoms with van der Waals surface area (Å²) < 4.78 is 27.0. The molecule has 6 heteroatoms. The highest BCUT2D eigenvalue weighted by atomic mass is 35.7. The lowest BCUT2D eigenvalue weighted by Gasteiger charge is -2.08. The van der Waals surface area contributed by atoms with Crippen LogP contribution in [0.4, 0.5) is 0 Å². The maximum Gasteiger partial charge on any atom is 0.338 e. The molecule has 4 nitrogen and oxygen atoms in total. The van der Waals surface area contributed by atoms with Crippen LogP contribution in [0, 0.1) is 13.8 Å². The number of methoxy groups -OCH3 is 1. The molecule has 0 aromatic heterocycles. The summed E-state index contributed by atoms with van der Waals surface area (Å²) in [5, 5.41) is 0. The van der Waals surface area contributed by atoms with Crippen molar-refractivity contribution in [2.45, 2.75) is 18.7 Å². The highest BCUT2D eigenvalue weighted by molar-refractivity contribution is 8.13. The van der Waals surface area contributed by atoms with Gasteiger partial charge in [0.25, 0.3) is 9.05 Å². The van der Waals surface area contributed by atoms with Gasteiger partial charge in [0.2, 0.25) is 0 Å². The first-order chi connectivity index (χ1) is 7.27. The number of rotatable bonds is 2. The Morgan fingerprint density at radius 3 is 2.25 bits per heavy atom. The van der Waals surface area contributed by atoms with E-state index < -0.39 is 15.0 Å². The summed E-state index contributed by atoms with van der Waals surface area (Å²) in [5.74, 6) is -0.584. The zero-order valence-corrected chi connectivity index (χ0v) is 10.6. The number of carbonyl (C=O) groups excluding carboxylic acids is 1. The summed E-state index contributed by atoms with van der Waals surface area (Å²) >= 11 is 0. The molecule has 0 fully saturated rings. The van der Waals surface area contributed by atoms with Crippen molar-refractivity contribution in [3.63, 3.8) is 0 Å². The molecule has 0 atom stereocenters. The van der Waals surface area contributed by atoms with Crippen molar-refractivity contribution in [2.24, 2.45) is 0 Å². The molecule has 0 radical (unpaired) electrons. The first-order valence-corrected chi connectivity index (χ1v) is 6.72. The molecule has 0 saturated carbocycles. The molecule has 0 saturated heterocycles. The van der Waals surface area contributed by atoms with Gasteiger partial charge in [-0.2, -0.15) is 0 Å². The molecular formula is C10H11ClO4S.